The summed E-state index contributed by atoms with van der Waals surface area (Å²) < 4.78 is 30.0. The van der Waals surface area contributed by atoms with E-state index in [1.165, 1.54) is 7.11 Å². The summed E-state index contributed by atoms with van der Waals surface area (Å²) >= 11 is 1.63. The molecule has 3 aromatic rings. The largest absolute Gasteiger partial charge is 0.504 e. The highest BCUT2D eigenvalue weighted by molar-refractivity contribution is 7.99. The number of piperazine rings is 1. The number of ether oxygens (including phenoxy) is 5. The number of rotatable bonds is 2. The van der Waals surface area contributed by atoms with Crippen LogP contribution in [0, 0.1) is 20.8 Å². The molecule has 4 bridgehead atoms. The third-order valence-electron chi connectivity index (χ3n) is 12.4. The SMILES string of the molecule is COc1cc2c(cc1O)CCN[C@]21CS[C@@H]2c3c(C)c(C)c4c(c3[C@@H](COC1=O)N1C2[C@@H]2c3c(cc(C)c(OC)c3O)C[C@@H]([C@@H]1O)N2C)OCO4. The molecule has 0 amide bonds. The molecule has 0 radical (unpaired) electrons. The number of nitrogens with zero attached hydrogens (tertiary/aromatic N) is 2. The van der Waals surface area contributed by atoms with Crippen molar-refractivity contribution in [3.63, 3.8) is 0 Å². The van der Waals surface area contributed by atoms with E-state index in [0.29, 0.717) is 36.6 Å². The van der Waals surface area contributed by atoms with Gasteiger partial charge in [0.2, 0.25) is 6.79 Å². The zero-order valence-corrected chi connectivity index (χ0v) is 30.3. The number of aryl methyl sites for hydroxylation is 1. The summed E-state index contributed by atoms with van der Waals surface area (Å²) in [5.41, 5.74) is 6.95. The standard InChI is InChI=1S/C38H43N3O9S/c1-16-9-20-10-22-36(44)41-23-13-48-37(45)38(21-12-25(46-5)24(42)11-19(21)7-8-39-38)14-51-35(26-17(2)18(3)33-34(28(23)26)50-15-49-33)30(41)29(40(22)4)27(20)31(43)32(16)47-6/h9,11-12,22-23,29-30,35-36,39,42-44H,7-8,10,13-15H2,1-6H3/t22-,23+,29-,30?,35+,36-,38+/m0/s1. The van der Waals surface area contributed by atoms with Gasteiger partial charge in [-0.05, 0) is 91.7 Å². The molecule has 12 nitrogen and oxygen atoms in total. The fourth-order valence-electron chi connectivity index (χ4n) is 9.95. The number of methoxy groups -OCH3 is 2. The Morgan fingerprint density at radius 1 is 0.980 bits per heavy atom. The van der Waals surface area contributed by atoms with E-state index in [4.69, 9.17) is 23.7 Å². The second kappa shape index (κ2) is 11.6. The molecule has 2 saturated heterocycles. The lowest BCUT2D eigenvalue weighted by molar-refractivity contribution is -0.186. The van der Waals surface area contributed by atoms with Gasteiger partial charge in [-0.2, -0.15) is 0 Å². The second-order valence-electron chi connectivity index (χ2n) is 14.6. The van der Waals surface area contributed by atoms with E-state index in [0.717, 1.165) is 50.1 Å². The monoisotopic (exact) mass is 717 g/mol. The molecule has 1 unspecified atom stereocenters. The van der Waals surface area contributed by atoms with Crippen molar-refractivity contribution in [2.24, 2.45) is 0 Å². The van der Waals surface area contributed by atoms with Crippen LogP contribution in [-0.2, 0) is 27.9 Å². The quantitative estimate of drug-likeness (QED) is 0.286. The third kappa shape index (κ3) is 4.32. The first-order valence-corrected chi connectivity index (χ1v) is 18.5. The highest BCUT2D eigenvalue weighted by atomic mass is 32.2. The Hall–Kier alpha value is -3.88. The van der Waals surface area contributed by atoms with Gasteiger partial charge in [0.1, 0.15) is 12.8 Å². The van der Waals surface area contributed by atoms with Gasteiger partial charge in [-0.1, -0.05) is 6.07 Å². The van der Waals surface area contributed by atoms with Crippen molar-refractivity contribution in [1.82, 2.24) is 15.1 Å². The summed E-state index contributed by atoms with van der Waals surface area (Å²) in [4.78, 5) is 18.9. The summed E-state index contributed by atoms with van der Waals surface area (Å²) in [5, 5.41) is 38.4. The summed E-state index contributed by atoms with van der Waals surface area (Å²) in [6, 6.07) is 3.93. The number of likely N-dealkylation sites (N-methyl/N-ethyl adjacent to an activating group) is 1. The van der Waals surface area contributed by atoms with Gasteiger partial charge in [-0.25, -0.2) is 4.79 Å². The highest BCUT2D eigenvalue weighted by Crippen LogP contribution is 2.63. The summed E-state index contributed by atoms with van der Waals surface area (Å²) in [7, 11) is 5.10. The Balaban J connectivity index is 1.29. The molecule has 0 aliphatic carbocycles. The minimum absolute atomic E-state index is 0.0233. The zero-order chi connectivity index (χ0) is 35.7. The van der Waals surface area contributed by atoms with Gasteiger partial charge in [0.05, 0.1) is 32.3 Å². The fourth-order valence-corrected chi connectivity index (χ4v) is 11.7. The lowest BCUT2D eigenvalue weighted by atomic mass is 9.72. The van der Waals surface area contributed by atoms with Crippen molar-refractivity contribution in [3.05, 3.63) is 68.3 Å². The van der Waals surface area contributed by atoms with Gasteiger partial charge in [-0.3, -0.25) is 15.1 Å². The predicted molar refractivity (Wildman–Crippen MR) is 188 cm³/mol. The Bertz CT molecular complexity index is 2010. The van der Waals surface area contributed by atoms with Crippen molar-refractivity contribution in [2.75, 3.05) is 47.0 Å². The van der Waals surface area contributed by atoms with Gasteiger partial charge in [0, 0.05) is 34.7 Å². The average molecular weight is 718 g/mol. The number of fused-ring (bicyclic) bond motifs is 9. The zero-order valence-electron chi connectivity index (χ0n) is 29.5. The van der Waals surface area contributed by atoms with Crippen LogP contribution in [0.25, 0.3) is 0 Å². The molecule has 3 aromatic carbocycles. The van der Waals surface area contributed by atoms with E-state index >= 15 is 0 Å². The molecule has 7 aliphatic heterocycles. The summed E-state index contributed by atoms with van der Waals surface area (Å²) in [6.45, 7) is 6.62. The number of thioether (sulfide) groups is 1. The number of nitrogens with one attached hydrogen (secondary N) is 1. The first-order chi connectivity index (χ1) is 24.5. The number of benzene rings is 3. The smallest absolute Gasteiger partial charge is 0.331 e. The number of hydrogen-bond donors (Lipinski definition) is 4. The van der Waals surface area contributed by atoms with Gasteiger partial charge in [0.25, 0.3) is 0 Å². The van der Waals surface area contributed by atoms with Gasteiger partial charge in [-0.15, -0.1) is 11.8 Å². The molecule has 7 aliphatic rings. The molecule has 13 heteroatoms. The number of phenolic OH excluding ortho intramolecular Hbond substituents is 2. The number of carbonyl (C=O) groups is 1. The van der Waals surface area contributed by atoms with Crippen LogP contribution in [0.15, 0.2) is 18.2 Å². The molecule has 4 N–H and O–H groups in total. The van der Waals surface area contributed by atoms with Crippen molar-refractivity contribution in [2.45, 2.75) is 74.8 Å². The fraction of sp³-hybridized carbons (Fsp3) is 0.500. The topological polar surface area (TPSA) is 142 Å². The summed E-state index contributed by atoms with van der Waals surface area (Å²) in [5.74, 6) is 2.03. The van der Waals surface area contributed by atoms with E-state index in [9.17, 15) is 20.1 Å². The number of phenols is 2. The number of hydrogen-bond acceptors (Lipinski definition) is 13. The lowest BCUT2D eigenvalue weighted by Gasteiger charge is -2.62. The third-order valence-corrected chi connectivity index (χ3v) is 13.9. The maximum Gasteiger partial charge on any atom is 0.331 e. The first kappa shape index (κ1) is 33.0. The van der Waals surface area contributed by atoms with Crippen molar-refractivity contribution >= 4 is 17.7 Å². The van der Waals surface area contributed by atoms with Crippen LogP contribution in [0.5, 0.6) is 34.5 Å². The molecular weight excluding hydrogens is 674 g/mol. The maximum atomic E-state index is 14.6. The van der Waals surface area contributed by atoms with E-state index in [1.807, 2.05) is 20.9 Å². The molecule has 7 heterocycles. The van der Waals surface area contributed by atoms with Crippen LogP contribution in [0.3, 0.4) is 0 Å². The molecule has 0 saturated carbocycles. The van der Waals surface area contributed by atoms with Gasteiger partial charge < -0.3 is 39.0 Å². The number of aromatic hydroxyl groups is 2. The van der Waals surface area contributed by atoms with E-state index < -0.39 is 23.8 Å². The first-order valence-electron chi connectivity index (χ1n) is 17.5. The van der Waals surface area contributed by atoms with E-state index in [-0.39, 0.29) is 59.8 Å². The number of esters is 1. The van der Waals surface area contributed by atoms with E-state index in [2.05, 4.69) is 28.1 Å². The molecule has 1 spiro atoms. The van der Waals surface area contributed by atoms with Crippen LogP contribution in [-0.4, -0.2) is 96.4 Å². The van der Waals surface area contributed by atoms with Crippen molar-refractivity contribution < 1.29 is 43.8 Å². The van der Waals surface area contributed by atoms with Crippen molar-refractivity contribution in [3.8, 4) is 34.5 Å². The van der Waals surface area contributed by atoms with E-state index in [1.54, 1.807) is 31.0 Å². The van der Waals surface area contributed by atoms with Crippen LogP contribution >= 0.6 is 11.8 Å². The molecule has 51 heavy (non-hydrogen) atoms. The molecular formula is C38H43N3O9S. The Labute approximate surface area is 300 Å². The highest BCUT2D eigenvalue weighted by Gasteiger charge is 2.61. The minimum atomic E-state index is -1.24. The average Bonchev–Trinajstić information content (AvgIpc) is 3.60. The molecule has 2 fully saturated rings. The number of aliphatic hydroxyl groups excluding tert-OH is 1. The Kier molecular flexibility index (Phi) is 7.48. The number of carbonyl (C=O) groups excluding carboxylic acids is 1. The molecule has 0 aromatic heterocycles. The van der Waals surface area contributed by atoms with Crippen LogP contribution in [0.1, 0.15) is 67.4 Å². The van der Waals surface area contributed by atoms with Gasteiger partial charge >= 0.3 is 5.97 Å². The molecule has 7 atom stereocenters. The normalized spacial score (nSPS) is 30.6. The van der Waals surface area contributed by atoms with Crippen LogP contribution < -0.4 is 24.3 Å². The molecule has 10 rings (SSSR count). The Morgan fingerprint density at radius 2 is 1.76 bits per heavy atom. The number of aliphatic hydroxyl groups is 1. The molecule has 270 valence electrons. The van der Waals surface area contributed by atoms with Crippen LogP contribution in [0.2, 0.25) is 0 Å². The Morgan fingerprint density at radius 3 is 2.53 bits per heavy atom. The van der Waals surface area contributed by atoms with Gasteiger partial charge in [0.15, 0.2) is 40.0 Å². The maximum absolute atomic E-state index is 14.6. The summed E-state index contributed by atoms with van der Waals surface area (Å²) in [6.07, 6.45) is 0.214. The lowest BCUT2D eigenvalue weighted by Crippen LogP contribution is -2.70. The predicted octanol–water partition coefficient (Wildman–Crippen LogP) is 3.80. The van der Waals surface area contributed by atoms with Crippen LogP contribution in [0.4, 0.5) is 0 Å². The second-order valence-corrected chi connectivity index (χ2v) is 15.8. The van der Waals surface area contributed by atoms with Crippen molar-refractivity contribution in [1.29, 1.82) is 0 Å². The minimum Gasteiger partial charge on any atom is -0.504 e.